The van der Waals surface area contributed by atoms with Gasteiger partial charge in [0.2, 0.25) is 0 Å². The van der Waals surface area contributed by atoms with Crippen LogP contribution in [0.15, 0.2) is 24.3 Å². The molecule has 1 atom stereocenters. The quantitative estimate of drug-likeness (QED) is 0.780. The minimum atomic E-state index is 0.0494. The van der Waals surface area contributed by atoms with Crippen molar-refractivity contribution in [2.45, 2.75) is 32.7 Å². The Hall–Kier alpha value is -1.79. The molecule has 6 nitrogen and oxygen atoms in total. The fraction of sp³-hybridized carbons (Fsp3) is 0.682. The summed E-state index contributed by atoms with van der Waals surface area (Å²) in [6.45, 7) is 10.7. The Kier molecular flexibility index (Phi) is 7.98. The number of para-hydroxylation sites is 1. The van der Waals surface area contributed by atoms with Gasteiger partial charge in [0.25, 0.3) is 0 Å². The summed E-state index contributed by atoms with van der Waals surface area (Å²) in [6, 6.07) is 8.02. The van der Waals surface area contributed by atoms with E-state index >= 15 is 0 Å². The molecule has 2 heterocycles. The van der Waals surface area contributed by atoms with Crippen LogP contribution >= 0.6 is 0 Å². The molecule has 1 aromatic carbocycles. The zero-order chi connectivity index (χ0) is 19.8. The Morgan fingerprint density at radius 1 is 1.18 bits per heavy atom. The second kappa shape index (κ2) is 10.7. The predicted molar refractivity (Wildman–Crippen MR) is 113 cm³/mol. The lowest BCUT2D eigenvalue weighted by Gasteiger charge is -2.38. The average molecular weight is 389 g/mol. The number of piperazine rings is 1. The molecule has 3 rings (SSSR count). The van der Waals surface area contributed by atoms with Crippen LogP contribution < -0.4 is 10.1 Å². The summed E-state index contributed by atoms with van der Waals surface area (Å²) in [6.07, 6.45) is 3.30. The van der Waals surface area contributed by atoms with Gasteiger partial charge in [-0.3, -0.25) is 0 Å². The number of ether oxygens (including phenoxy) is 1. The number of carbonyl (C=O) groups is 1. The highest BCUT2D eigenvalue weighted by atomic mass is 16.5. The predicted octanol–water partition coefficient (Wildman–Crippen LogP) is 2.64. The molecular weight excluding hydrogens is 352 g/mol. The van der Waals surface area contributed by atoms with Gasteiger partial charge in [0.05, 0.1) is 6.61 Å². The van der Waals surface area contributed by atoms with Crippen LogP contribution in [0.25, 0.3) is 0 Å². The first kappa shape index (κ1) is 20.9. The van der Waals surface area contributed by atoms with Gasteiger partial charge >= 0.3 is 6.03 Å². The number of likely N-dealkylation sites (N-methyl/N-ethyl adjacent to an activating group) is 1. The average Bonchev–Trinajstić information content (AvgIpc) is 2.73. The molecule has 1 N–H and O–H groups in total. The minimum absolute atomic E-state index is 0.0494. The van der Waals surface area contributed by atoms with Gasteiger partial charge in [0.15, 0.2) is 0 Å². The maximum atomic E-state index is 12.7. The number of hydrogen-bond acceptors (Lipinski definition) is 4. The Morgan fingerprint density at radius 2 is 1.96 bits per heavy atom. The summed E-state index contributed by atoms with van der Waals surface area (Å²) in [7, 11) is 2.19. The molecule has 28 heavy (non-hydrogen) atoms. The van der Waals surface area contributed by atoms with Crippen LogP contribution in [0.1, 0.15) is 31.7 Å². The van der Waals surface area contributed by atoms with E-state index in [1.165, 1.54) is 6.42 Å². The van der Waals surface area contributed by atoms with Crippen molar-refractivity contribution in [3.8, 4) is 5.75 Å². The highest BCUT2D eigenvalue weighted by Crippen LogP contribution is 2.20. The molecule has 2 fully saturated rings. The number of piperidine rings is 1. The molecule has 2 aliphatic heterocycles. The Labute approximate surface area is 169 Å². The summed E-state index contributed by atoms with van der Waals surface area (Å²) in [5.74, 6) is 1.46. The highest BCUT2D eigenvalue weighted by molar-refractivity contribution is 5.74. The van der Waals surface area contributed by atoms with E-state index in [4.69, 9.17) is 4.74 Å². The van der Waals surface area contributed by atoms with Crippen LogP contribution in [-0.2, 0) is 6.54 Å². The van der Waals surface area contributed by atoms with Crippen molar-refractivity contribution in [1.82, 2.24) is 20.0 Å². The molecule has 2 amide bonds. The van der Waals surface area contributed by atoms with Gasteiger partial charge in [0.1, 0.15) is 5.75 Å². The number of hydrogen-bond donors (Lipinski definition) is 1. The number of carbonyl (C=O) groups excluding carboxylic acids is 1. The third-order valence-electron chi connectivity index (χ3n) is 5.78. The third-order valence-corrected chi connectivity index (χ3v) is 5.78. The molecule has 1 aromatic rings. The van der Waals surface area contributed by atoms with E-state index in [-0.39, 0.29) is 6.03 Å². The summed E-state index contributed by atoms with van der Waals surface area (Å²) >= 11 is 0. The molecule has 0 aliphatic carbocycles. The summed E-state index contributed by atoms with van der Waals surface area (Å²) in [5, 5.41) is 3.10. The molecule has 156 valence electrons. The molecule has 0 bridgehead atoms. The number of nitrogens with one attached hydrogen (secondary N) is 1. The van der Waals surface area contributed by atoms with E-state index in [1.54, 1.807) is 0 Å². The van der Waals surface area contributed by atoms with Gasteiger partial charge in [-0.05, 0) is 38.3 Å². The van der Waals surface area contributed by atoms with Crippen molar-refractivity contribution in [2.75, 3.05) is 59.5 Å². The fourth-order valence-electron chi connectivity index (χ4n) is 4.08. The van der Waals surface area contributed by atoms with Gasteiger partial charge in [-0.1, -0.05) is 25.1 Å². The van der Waals surface area contributed by atoms with Crippen molar-refractivity contribution in [1.29, 1.82) is 0 Å². The number of amides is 2. The van der Waals surface area contributed by atoms with E-state index in [2.05, 4.69) is 29.1 Å². The van der Waals surface area contributed by atoms with Gasteiger partial charge in [-0.2, -0.15) is 0 Å². The summed E-state index contributed by atoms with van der Waals surface area (Å²) in [5.41, 5.74) is 1.04. The lowest BCUT2D eigenvalue weighted by molar-refractivity contribution is 0.106. The maximum absolute atomic E-state index is 12.7. The minimum Gasteiger partial charge on any atom is -0.493 e. The van der Waals surface area contributed by atoms with Crippen molar-refractivity contribution in [3.05, 3.63) is 29.8 Å². The van der Waals surface area contributed by atoms with E-state index in [0.717, 1.165) is 70.0 Å². The van der Waals surface area contributed by atoms with E-state index in [1.807, 2.05) is 29.2 Å². The third kappa shape index (κ3) is 6.11. The first-order valence-corrected chi connectivity index (χ1v) is 10.8. The zero-order valence-corrected chi connectivity index (χ0v) is 17.5. The molecule has 0 unspecified atom stereocenters. The van der Waals surface area contributed by atoms with Gasteiger partial charge in [-0.25, -0.2) is 4.79 Å². The molecule has 6 heteroatoms. The molecule has 2 aliphatic rings. The van der Waals surface area contributed by atoms with Crippen LogP contribution in [0.4, 0.5) is 4.79 Å². The number of rotatable bonds is 7. The second-order valence-electron chi connectivity index (χ2n) is 8.17. The molecule has 0 aromatic heterocycles. The zero-order valence-electron chi connectivity index (χ0n) is 17.5. The van der Waals surface area contributed by atoms with Crippen LogP contribution in [0.2, 0.25) is 0 Å². The summed E-state index contributed by atoms with van der Waals surface area (Å²) < 4.78 is 5.80. The molecule has 0 spiro atoms. The van der Waals surface area contributed by atoms with Crippen LogP contribution in [0.5, 0.6) is 5.75 Å². The Bertz CT molecular complexity index is 616. The smallest absolute Gasteiger partial charge is 0.317 e. The highest BCUT2D eigenvalue weighted by Gasteiger charge is 2.26. The van der Waals surface area contributed by atoms with E-state index in [0.29, 0.717) is 19.1 Å². The van der Waals surface area contributed by atoms with Crippen molar-refractivity contribution in [3.63, 3.8) is 0 Å². The standard InChI is InChI=1S/C22H36N4O2/c1-3-15-28-21-9-5-4-8-20(21)16-23-22(27)26-10-6-7-19(18-26)17-25-13-11-24(2)12-14-25/h4-5,8-9,19H,3,6-7,10-18H2,1-2H3,(H,23,27)/t19-/m1/s1. The normalized spacial score (nSPS) is 21.5. The molecule has 2 saturated heterocycles. The van der Waals surface area contributed by atoms with E-state index < -0.39 is 0 Å². The number of nitrogens with zero attached hydrogens (tertiary/aromatic N) is 3. The first-order chi connectivity index (χ1) is 13.7. The Balaban J connectivity index is 1.46. The van der Waals surface area contributed by atoms with Crippen LogP contribution in [-0.4, -0.2) is 80.2 Å². The van der Waals surface area contributed by atoms with Gasteiger partial charge in [-0.15, -0.1) is 0 Å². The SMILES string of the molecule is CCCOc1ccccc1CNC(=O)N1CCC[C@H](CN2CCN(C)CC2)C1. The first-order valence-electron chi connectivity index (χ1n) is 10.8. The topological polar surface area (TPSA) is 48.1 Å². The Morgan fingerprint density at radius 3 is 2.75 bits per heavy atom. The monoisotopic (exact) mass is 388 g/mol. The van der Waals surface area contributed by atoms with Crippen LogP contribution in [0, 0.1) is 5.92 Å². The van der Waals surface area contributed by atoms with Gasteiger partial charge in [0, 0.05) is 57.9 Å². The number of likely N-dealkylation sites (tertiary alicyclic amines) is 1. The summed E-state index contributed by atoms with van der Waals surface area (Å²) in [4.78, 5) is 19.7. The van der Waals surface area contributed by atoms with Crippen molar-refractivity contribution in [2.24, 2.45) is 5.92 Å². The van der Waals surface area contributed by atoms with Crippen LogP contribution in [0.3, 0.4) is 0 Å². The fourth-order valence-corrected chi connectivity index (χ4v) is 4.08. The number of urea groups is 1. The maximum Gasteiger partial charge on any atom is 0.317 e. The van der Waals surface area contributed by atoms with Crippen molar-refractivity contribution >= 4 is 6.03 Å². The molecule has 0 radical (unpaired) electrons. The molecule has 0 saturated carbocycles. The molecular formula is C22H36N4O2. The number of benzene rings is 1. The second-order valence-corrected chi connectivity index (χ2v) is 8.17. The van der Waals surface area contributed by atoms with Crippen molar-refractivity contribution < 1.29 is 9.53 Å². The lowest BCUT2D eigenvalue weighted by atomic mass is 9.97. The van der Waals surface area contributed by atoms with E-state index in [9.17, 15) is 4.79 Å². The van der Waals surface area contributed by atoms with Gasteiger partial charge < -0.3 is 24.8 Å². The lowest BCUT2D eigenvalue weighted by Crippen LogP contribution is -2.50. The largest absolute Gasteiger partial charge is 0.493 e.